The van der Waals surface area contributed by atoms with Crippen LogP contribution in [0.25, 0.3) is 0 Å². The fraction of sp³-hybridized carbons (Fsp3) is 0.769. The number of ketones is 1. The minimum atomic E-state index is -0.776. The second-order valence-corrected chi connectivity index (χ2v) is 4.49. The first-order valence-corrected chi connectivity index (χ1v) is 6.21. The Labute approximate surface area is 97.5 Å². The second-order valence-electron chi connectivity index (χ2n) is 4.49. The lowest BCUT2D eigenvalue weighted by molar-refractivity contribution is -0.133. The van der Waals surface area contributed by atoms with E-state index in [1.54, 1.807) is 6.92 Å². The van der Waals surface area contributed by atoms with E-state index in [1.807, 2.05) is 6.92 Å². The quantitative estimate of drug-likeness (QED) is 0.705. The normalized spacial score (nSPS) is 25.1. The number of hydrogen-bond donors (Lipinski definition) is 1. The van der Waals surface area contributed by atoms with E-state index in [2.05, 4.69) is 6.92 Å². The summed E-state index contributed by atoms with van der Waals surface area (Å²) in [6.07, 6.45) is 5.80. The molecule has 0 amide bonds. The van der Waals surface area contributed by atoms with Crippen molar-refractivity contribution in [3.8, 4) is 0 Å². The van der Waals surface area contributed by atoms with Crippen LogP contribution < -0.4 is 0 Å². The number of unbranched alkanes of at least 4 members (excludes halogenated alkanes) is 3. The average molecular weight is 226 g/mol. The number of allylic oxidation sites excluding steroid dienone is 1. The summed E-state index contributed by atoms with van der Waals surface area (Å²) < 4.78 is 5.58. The molecule has 0 saturated carbocycles. The summed E-state index contributed by atoms with van der Waals surface area (Å²) in [6, 6.07) is 0. The highest BCUT2D eigenvalue weighted by atomic mass is 16.5. The van der Waals surface area contributed by atoms with Crippen LogP contribution >= 0.6 is 0 Å². The summed E-state index contributed by atoms with van der Waals surface area (Å²) in [7, 11) is 0. The van der Waals surface area contributed by atoms with Crippen molar-refractivity contribution in [2.75, 3.05) is 0 Å². The minimum absolute atomic E-state index is 0.183. The van der Waals surface area contributed by atoms with E-state index in [1.165, 1.54) is 12.8 Å². The molecule has 16 heavy (non-hydrogen) atoms. The SMILES string of the molecule is CCCCCCC1(CC)OC(C)=C(O)C1=O. The van der Waals surface area contributed by atoms with Crippen molar-refractivity contribution < 1.29 is 14.6 Å². The lowest BCUT2D eigenvalue weighted by Crippen LogP contribution is -2.36. The third kappa shape index (κ3) is 2.39. The number of ether oxygens (including phenoxy) is 1. The molecule has 1 atom stereocenters. The summed E-state index contributed by atoms with van der Waals surface area (Å²) in [5.41, 5.74) is -0.776. The predicted molar refractivity (Wildman–Crippen MR) is 63.2 cm³/mol. The fourth-order valence-electron chi connectivity index (χ4n) is 2.17. The van der Waals surface area contributed by atoms with Crippen LogP contribution in [0.1, 0.15) is 59.3 Å². The summed E-state index contributed by atoms with van der Waals surface area (Å²) in [5, 5.41) is 9.54. The minimum Gasteiger partial charge on any atom is -0.502 e. The number of aliphatic hydroxyl groups excluding tert-OH is 1. The molecular formula is C13H22O3. The topological polar surface area (TPSA) is 46.5 Å². The first-order chi connectivity index (χ1) is 7.57. The molecule has 0 aromatic heterocycles. The second kappa shape index (κ2) is 5.37. The molecule has 0 spiro atoms. The molecule has 0 bridgehead atoms. The average Bonchev–Trinajstić information content (AvgIpc) is 2.50. The molecule has 1 rings (SSSR count). The van der Waals surface area contributed by atoms with Crippen molar-refractivity contribution in [3.63, 3.8) is 0 Å². The van der Waals surface area contributed by atoms with Gasteiger partial charge in [-0.05, 0) is 26.2 Å². The first-order valence-electron chi connectivity index (χ1n) is 6.21. The van der Waals surface area contributed by atoms with E-state index in [4.69, 9.17) is 4.74 Å². The van der Waals surface area contributed by atoms with Crippen LogP contribution in [-0.4, -0.2) is 16.5 Å². The van der Waals surface area contributed by atoms with E-state index in [0.29, 0.717) is 18.6 Å². The summed E-state index contributed by atoms with van der Waals surface area (Å²) >= 11 is 0. The van der Waals surface area contributed by atoms with Gasteiger partial charge in [0.1, 0.15) is 5.76 Å². The Kier molecular flexibility index (Phi) is 4.39. The highest BCUT2D eigenvalue weighted by Gasteiger charge is 2.46. The van der Waals surface area contributed by atoms with Gasteiger partial charge in [0.15, 0.2) is 5.60 Å². The summed E-state index contributed by atoms with van der Waals surface area (Å²) in [6.45, 7) is 5.74. The van der Waals surface area contributed by atoms with Crippen molar-refractivity contribution in [1.29, 1.82) is 0 Å². The number of rotatable bonds is 6. The van der Waals surface area contributed by atoms with E-state index in [-0.39, 0.29) is 11.5 Å². The van der Waals surface area contributed by atoms with Crippen LogP contribution in [0.2, 0.25) is 0 Å². The van der Waals surface area contributed by atoms with Crippen molar-refractivity contribution in [2.45, 2.75) is 64.9 Å². The van der Waals surface area contributed by atoms with Crippen molar-refractivity contribution in [1.82, 2.24) is 0 Å². The largest absolute Gasteiger partial charge is 0.502 e. The Morgan fingerprint density at radius 2 is 1.94 bits per heavy atom. The number of aliphatic hydroxyl groups is 1. The van der Waals surface area contributed by atoms with Gasteiger partial charge in [0.2, 0.25) is 11.5 Å². The third-order valence-corrected chi connectivity index (χ3v) is 3.32. The zero-order valence-corrected chi connectivity index (χ0v) is 10.5. The molecule has 92 valence electrons. The summed E-state index contributed by atoms with van der Waals surface area (Å²) in [4.78, 5) is 11.9. The molecular weight excluding hydrogens is 204 g/mol. The maximum Gasteiger partial charge on any atom is 0.244 e. The van der Waals surface area contributed by atoms with Crippen LogP contribution in [-0.2, 0) is 9.53 Å². The van der Waals surface area contributed by atoms with Gasteiger partial charge in [-0.3, -0.25) is 4.79 Å². The fourth-order valence-corrected chi connectivity index (χ4v) is 2.17. The highest BCUT2D eigenvalue weighted by molar-refractivity contribution is 6.02. The molecule has 1 aliphatic rings. The van der Waals surface area contributed by atoms with Crippen LogP contribution in [0.15, 0.2) is 11.5 Å². The van der Waals surface area contributed by atoms with Gasteiger partial charge in [0.05, 0.1) is 0 Å². The Morgan fingerprint density at radius 1 is 1.25 bits per heavy atom. The van der Waals surface area contributed by atoms with Gasteiger partial charge in [-0.2, -0.15) is 0 Å². The monoisotopic (exact) mass is 226 g/mol. The Balaban J connectivity index is 2.57. The van der Waals surface area contributed by atoms with Crippen LogP contribution in [0, 0.1) is 0 Å². The number of carbonyl (C=O) groups is 1. The Morgan fingerprint density at radius 3 is 2.38 bits per heavy atom. The molecule has 3 heteroatoms. The van der Waals surface area contributed by atoms with Crippen molar-refractivity contribution in [3.05, 3.63) is 11.5 Å². The van der Waals surface area contributed by atoms with E-state index in [0.717, 1.165) is 12.8 Å². The smallest absolute Gasteiger partial charge is 0.244 e. The molecule has 1 aliphatic heterocycles. The maximum atomic E-state index is 11.9. The van der Waals surface area contributed by atoms with Crippen LogP contribution in [0.5, 0.6) is 0 Å². The highest BCUT2D eigenvalue weighted by Crippen LogP contribution is 2.36. The molecule has 1 N–H and O–H groups in total. The molecule has 0 aliphatic carbocycles. The standard InChI is InChI=1S/C13H22O3/c1-4-6-7-8-9-13(5-2)12(15)11(14)10(3)16-13/h14H,4-9H2,1-3H3. The van der Waals surface area contributed by atoms with E-state index < -0.39 is 5.60 Å². The predicted octanol–water partition coefficient (Wildman–Crippen LogP) is 3.49. The van der Waals surface area contributed by atoms with Crippen LogP contribution in [0.3, 0.4) is 0 Å². The van der Waals surface area contributed by atoms with E-state index in [9.17, 15) is 9.90 Å². The zero-order valence-electron chi connectivity index (χ0n) is 10.5. The van der Waals surface area contributed by atoms with Gasteiger partial charge in [0, 0.05) is 0 Å². The van der Waals surface area contributed by atoms with Crippen molar-refractivity contribution >= 4 is 5.78 Å². The Bertz CT molecular complexity index is 294. The molecule has 0 fully saturated rings. The van der Waals surface area contributed by atoms with Gasteiger partial charge >= 0.3 is 0 Å². The number of Topliss-reactive ketones (excluding diaryl/α,β-unsaturated/α-hetero) is 1. The molecule has 3 nitrogen and oxygen atoms in total. The number of carbonyl (C=O) groups excluding carboxylic acids is 1. The molecule has 1 unspecified atom stereocenters. The molecule has 0 saturated heterocycles. The number of hydrogen-bond acceptors (Lipinski definition) is 3. The third-order valence-electron chi connectivity index (χ3n) is 3.32. The molecule has 0 aromatic carbocycles. The van der Waals surface area contributed by atoms with E-state index >= 15 is 0 Å². The first kappa shape index (κ1) is 13.1. The lowest BCUT2D eigenvalue weighted by Gasteiger charge is -2.26. The molecule has 0 aromatic rings. The van der Waals surface area contributed by atoms with Crippen molar-refractivity contribution in [2.24, 2.45) is 0 Å². The van der Waals surface area contributed by atoms with Gasteiger partial charge in [0.25, 0.3) is 0 Å². The maximum absolute atomic E-state index is 11.9. The van der Waals surface area contributed by atoms with Gasteiger partial charge in [-0.25, -0.2) is 0 Å². The van der Waals surface area contributed by atoms with Gasteiger partial charge in [-0.1, -0.05) is 33.1 Å². The van der Waals surface area contributed by atoms with Gasteiger partial charge < -0.3 is 9.84 Å². The molecule has 1 heterocycles. The summed E-state index contributed by atoms with van der Waals surface area (Å²) in [5.74, 6) is -0.0383. The zero-order chi connectivity index (χ0) is 12.2. The lowest BCUT2D eigenvalue weighted by atomic mass is 9.89. The Hall–Kier alpha value is -0.990. The van der Waals surface area contributed by atoms with Crippen LogP contribution in [0.4, 0.5) is 0 Å². The molecule has 0 radical (unpaired) electrons. The van der Waals surface area contributed by atoms with Gasteiger partial charge in [-0.15, -0.1) is 0 Å².